The number of nitrogens with zero attached hydrogens (tertiary/aromatic N) is 2. The fourth-order valence-corrected chi connectivity index (χ4v) is 3.31. The van der Waals surface area contributed by atoms with Gasteiger partial charge in [0.05, 0.1) is 0 Å². The van der Waals surface area contributed by atoms with Crippen LogP contribution in [0.1, 0.15) is 32.1 Å². The molecular weight excluding hydrogens is 256 g/mol. The third-order valence-electron chi connectivity index (χ3n) is 4.23. The van der Waals surface area contributed by atoms with E-state index in [2.05, 4.69) is 26.9 Å². The molecule has 19 heavy (non-hydrogen) atoms. The third kappa shape index (κ3) is 3.32. The van der Waals surface area contributed by atoms with Gasteiger partial charge in [-0.3, -0.25) is 0 Å². The monoisotopic (exact) mass is 278 g/mol. The Morgan fingerprint density at radius 3 is 2.58 bits per heavy atom. The molecule has 0 spiro atoms. The summed E-state index contributed by atoms with van der Waals surface area (Å²) in [5, 5.41) is 6.86. The van der Waals surface area contributed by atoms with Gasteiger partial charge in [-0.05, 0) is 37.9 Å². The second-order valence-corrected chi connectivity index (χ2v) is 6.98. The summed E-state index contributed by atoms with van der Waals surface area (Å²) in [7, 11) is 0. The molecule has 1 aromatic heterocycles. The molecule has 2 fully saturated rings. The Hall–Kier alpha value is -0.970. The molecule has 0 radical (unpaired) electrons. The molecule has 1 aromatic rings. The summed E-state index contributed by atoms with van der Waals surface area (Å²) < 4.78 is 0.437. The Labute approximate surface area is 119 Å². The van der Waals surface area contributed by atoms with Crippen LogP contribution in [0.3, 0.4) is 0 Å². The van der Waals surface area contributed by atoms with Crippen molar-refractivity contribution in [2.24, 2.45) is 5.92 Å². The van der Waals surface area contributed by atoms with Gasteiger partial charge in [0.25, 0.3) is 0 Å². The maximum atomic E-state index is 4.31. The molecular formula is C14H22N4S. The van der Waals surface area contributed by atoms with Gasteiger partial charge in [0, 0.05) is 23.9 Å². The van der Waals surface area contributed by atoms with E-state index in [1.807, 2.05) is 17.8 Å². The van der Waals surface area contributed by atoms with Gasteiger partial charge in [0.1, 0.15) is 18.0 Å². The number of nitrogens with one attached hydrogen (secondary N) is 2. The Morgan fingerprint density at radius 1 is 1.26 bits per heavy atom. The number of hydrogen-bond donors (Lipinski definition) is 2. The van der Waals surface area contributed by atoms with Gasteiger partial charge in [-0.15, -0.1) is 0 Å². The molecule has 4 nitrogen and oxygen atoms in total. The minimum absolute atomic E-state index is 0.437. The summed E-state index contributed by atoms with van der Waals surface area (Å²) >= 11 is 1.98. The van der Waals surface area contributed by atoms with E-state index < -0.39 is 0 Å². The smallest absolute Gasteiger partial charge is 0.131 e. The predicted molar refractivity (Wildman–Crippen MR) is 81.8 cm³/mol. The molecule has 0 saturated heterocycles. The maximum Gasteiger partial charge on any atom is 0.131 e. The van der Waals surface area contributed by atoms with Crippen LogP contribution in [0.5, 0.6) is 0 Å². The first-order valence-corrected chi connectivity index (χ1v) is 8.37. The third-order valence-corrected chi connectivity index (χ3v) is 5.64. The van der Waals surface area contributed by atoms with Crippen molar-refractivity contribution in [1.29, 1.82) is 0 Å². The van der Waals surface area contributed by atoms with Gasteiger partial charge in [0.15, 0.2) is 0 Å². The van der Waals surface area contributed by atoms with Gasteiger partial charge in [-0.1, -0.05) is 6.42 Å². The molecule has 2 saturated carbocycles. The molecule has 3 rings (SSSR count). The number of aromatic nitrogens is 2. The molecule has 0 aromatic carbocycles. The van der Waals surface area contributed by atoms with E-state index in [4.69, 9.17) is 0 Å². The number of hydrogen-bond acceptors (Lipinski definition) is 5. The van der Waals surface area contributed by atoms with Crippen molar-refractivity contribution in [3.8, 4) is 0 Å². The van der Waals surface area contributed by atoms with Crippen molar-refractivity contribution in [3.05, 3.63) is 12.4 Å². The van der Waals surface area contributed by atoms with Crippen molar-refractivity contribution in [2.75, 3.05) is 30.0 Å². The lowest BCUT2D eigenvalue weighted by molar-refractivity contribution is 0.379. The van der Waals surface area contributed by atoms with E-state index in [1.54, 1.807) is 6.33 Å². The van der Waals surface area contributed by atoms with Gasteiger partial charge < -0.3 is 10.6 Å². The summed E-state index contributed by atoms with van der Waals surface area (Å²) in [4.78, 5) is 8.58. The average Bonchev–Trinajstić information content (AvgIpc) is 3.20. The summed E-state index contributed by atoms with van der Waals surface area (Å²) in [6.45, 7) is 2.05. The maximum absolute atomic E-state index is 4.31. The molecule has 0 aliphatic heterocycles. The molecule has 0 atom stereocenters. The molecule has 1 heterocycles. The zero-order valence-corrected chi connectivity index (χ0v) is 12.3. The van der Waals surface area contributed by atoms with Crippen molar-refractivity contribution < 1.29 is 0 Å². The van der Waals surface area contributed by atoms with E-state index in [0.717, 1.165) is 30.6 Å². The summed E-state index contributed by atoms with van der Waals surface area (Å²) in [5.41, 5.74) is 0. The van der Waals surface area contributed by atoms with Crippen molar-refractivity contribution in [3.63, 3.8) is 0 Å². The molecule has 0 bridgehead atoms. The summed E-state index contributed by atoms with van der Waals surface area (Å²) in [6.07, 6.45) is 10.6. The van der Waals surface area contributed by atoms with Crippen LogP contribution in [-0.2, 0) is 0 Å². The van der Waals surface area contributed by atoms with Crippen LogP contribution in [0.2, 0.25) is 0 Å². The first-order chi connectivity index (χ1) is 9.30. The van der Waals surface area contributed by atoms with Crippen LogP contribution in [0.15, 0.2) is 12.4 Å². The second-order valence-electron chi connectivity index (χ2n) is 5.71. The average molecular weight is 278 g/mol. The van der Waals surface area contributed by atoms with Gasteiger partial charge in [-0.25, -0.2) is 9.97 Å². The minimum atomic E-state index is 0.437. The zero-order chi connectivity index (χ0) is 13.1. The molecule has 0 amide bonds. The van der Waals surface area contributed by atoms with Crippen molar-refractivity contribution >= 4 is 23.4 Å². The number of anilines is 2. The SMILES string of the molecule is CSC1(CNc2cc(NCC3CC3)ncn2)CCC1. The Kier molecular flexibility index (Phi) is 3.82. The highest BCUT2D eigenvalue weighted by Gasteiger charge is 2.35. The lowest BCUT2D eigenvalue weighted by Crippen LogP contribution is -2.40. The van der Waals surface area contributed by atoms with Crippen LogP contribution in [0.4, 0.5) is 11.6 Å². The van der Waals surface area contributed by atoms with Crippen molar-refractivity contribution in [2.45, 2.75) is 36.9 Å². The van der Waals surface area contributed by atoms with E-state index in [-0.39, 0.29) is 0 Å². The first kappa shape index (κ1) is 13.0. The largest absolute Gasteiger partial charge is 0.370 e. The normalized spacial score (nSPS) is 20.7. The highest BCUT2D eigenvalue weighted by molar-refractivity contribution is 8.00. The number of thioether (sulfide) groups is 1. The lowest BCUT2D eigenvalue weighted by Gasteiger charge is -2.40. The predicted octanol–water partition coefficient (Wildman–Crippen LogP) is 3.00. The van der Waals surface area contributed by atoms with Crippen molar-refractivity contribution in [1.82, 2.24) is 9.97 Å². The Balaban J connectivity index is 1.53. The van der Waals surface area contributed by atoms with E-state index >= 15 is 0 Å². The summed E-state index contributed by atoms with van der Waals surface area (Å²) in [5.74, 6) is 2.74. The molecule has 2 N–H and O–H groups in total. The second kappa shape index (κ2) is 5.57. The van der Waals surface area contributed by atoms with Crippen LogP contribution in [-0.4, -0.2) is 34.1 Å². The van der Waals surface area contributed by atoms with Gasteiger partial charge in [-0.2, -0.15) is 11.8 Å². The topological polar surface area (TPSA) is 49.8 Å². The highest BCUT2D eigenvalue weighted by atomic mass is 32.2. The van der Waals surface area contributed by atoms with Gasteiger partial charge in [0.2, 0.25) is 0 Å². The van der Waals surface area contributed by atoms with Crippen LogP contribution >= 0.6 is 11.8 Å². The first-order valence-electron chi connectivity index (χ1n) is 7.15. The molecule has 0 unspecified atom stereocenters. The molecule has 5 heteroatoms. The van der Waals surface area contributed by atoms with E-state index in [1.165, 1.54) is 32.1 Å². The fourth-order valence-electron chi connectivity index (χ4n) is 2.40. The van der Waals surface area contributed by atoms with Crippen LogP contribution in [0.25, 0.3) is 0 Å². The minimum Gasteiger partial charge on any atom is -0.370 e. The van der Waals surface area contributed by atoms with Crippen LogP contribution in [0, 0.1) is 5.92 Å². The summed E-state index contributed by atoms with van der Waals surface area (Å²) in [6, 6.07) is 2.02. The molecule has 2 aliphatic carbocycles. The lowest BCUT2D eigenvalue weighted by atomic mass is 9.84. The molecule has 2 aliphatic rings. The van der Waals surface area contributed by atoms with E-state index in [0.29, 0.717) is 4.75 Å². The standard InChI is InChI=1S/C14H22N4S/c1-19-14(5-2-6-14)9-16-13-7-12(17-10-18-13)15-8-11-3-4-11/h7,10-11H,2-6,8-9H2,1H3,(H2,15,16,17,18). The fraction of sp³-hybridized carbons (Fsp3) is 0.714. The quantitative estimate of drug-likeness (QED) is 0.803. The zero-order valence-electron chi connectivity index (χ0n) is 11.5. The Bertz CT molecular complexity index is 424. The van der Waals surface area contributed by atoms with Crippen LogP contribution < -0.4 is 10.6 Å². The number of rotatable bonds is 7. The highest BCUT2D eigenvalue weighted by Crippen LogP contribution is 2.42. The van der Waals surface area contributed by atoms with E-state index in [9.17, 15) is 0 Å². The molecule has 104 valence electrons. The van der Waals surface area contributed by atoms with Gasteiger partial charge >= 0.3 is 0 Å². The Morgan fingerprint density at radius 2 is 2.00 bits per heavy atom.